The minimum absolute atomic E-state index is 0.693. The quantitative estimate of drug-likeness (QED) is 0.580. The molecule has 0 heterocycles. The van der Waals surface area contributed by atoms with Crippen molar-refractivity contribution in [1.29, 1.82) is 0 Å². The monoisotopic (exact) mass is 152 g/mol. The van der Waals surface area contributed by atoms with Gasteiger partial charge in [0.05, 0.1) is 0 Å². The van der Waals surface area contributed by atoms with Gasteiger partial charge < -0.3 is 10.0 Å². The van der Waals surface area contributed by atoms with Gasteiger partial charge in [0.1, 0.15) is 0 Å². The molecule has 11 heavy (non-hydrogen) atoms. The highest BCUT2D eigenvalue weighted by Gasteiger charge is 2.18. The molecular formula is C8H13BO2. The van der Waals surface area contributed by atoms with Crippen LogP contribution in [0, 0.1) is 0 Å². The van der Waals surface area contributed by atoms with Crippen LogP contribution >= 0.6 is 0 Å². The maximum Gasteiger partial charge on any atom is 0.488 e. The van der Waals surface area contributed by atoms with Gasteiger partial charge in [-0.15, -0.1) is 0 Å². The zero-order valence-corrected chi connectivity index (χ0v) is 6.75. The molecule has 3 heteroatoms. The summed E-state index contributed by atoms with van der Waals surface area (Å²) in [6.07, 6.45) is 6.82. The summed E-state index contributed by atoms with van der Waals surface area (Å²) in [7, 11) is -1.29. The van der Waals surface area contributed by atoms with Crippen LogP contribution in [0.4, 0.5) is 0 Å². The second-order valence-corrected chi connectivity index (χ2v) is 2.69. The molecule has 0 aromatic heterocycles. The normalized spacial score (nSPS) is 17.4. The molecule has 0 aliphatic heterocycles. The first-order chi connectivity index (χ1) is 5.25. The zero-order chi connectivity index (χ0) is 8.27. The molecule has 0 radical (unpaired) electrons. The second kappa shape index (κ2) is 3.74. The van der Waals surface area contributed by atoms with Crippen molar-refractivity contribution < 1.29 is 10.0 Å². The second-order valence-electron chi connectivity index (χ2n) is 2.69. The van der Waals surface area contributed by atoms with E-state index in [1.807, 2.05) is 13.0 Å². The van der Waals surface area contributed by atoms with Crippen molar-refractivity contribution in [2.45, 2.75) is 26.2 Å². The Labute approximate surface area is 67.4 Å². The summed E-state index contributed by atoms with van der Waals surface area (Å²) in [5, 5.41) is 17.9. The third kappa shape index (κ3) is 1.95. The van der Waals surface area contributed by atoms with Gasteiger partial charge in [-0.3, -0.25) is 0 Å². The van der Waals surface area contributed by atoms with E-state index in [4.69, 9.17) is 10.0 Å². The summed E-state index contributed by atoms with van der Waals surface area (Å²) < 4.78 is 0. The molecule has 0 saturated heterocycles. The van der Waals surface area contributed by atoms with Crippen molar-refractivity contribution in [3.63, 3.8) is 0 Å². The van der Waals surface area contributed by atoms with E-state index in [0.717, 1.165) is 24.8 Å². The molecule has 2 nitrogen and oxygen atoms in total. The predicted molar refractivity (Wildman–Crippen MR) is 45.9 cm³/mol. The maximum absolute atomic E-state index is 8.93. The van der Waals surface area contributed by atoms with E-state index >= 15 is 0 Å². The molecule has 0 atom stereocenters. The standard InChI is InChI=1S/C8H13BO2/c1-2-7-5-3-4-6-8(7)9(10)11/h5-6,10-11H,2-4H2,1H3. The van der Waals surface area contributed by atoms with E-state index in [0.29, 0.717) is 5.47 Å². The third-order valence-corrected chi connectivity index (χ3v) is 1.95. The molecule has 1 rings (SSSR count). The van der Waals surface area contributed by atoms with Crippen LogP contribution in [-0.2, 0) is 0 Å². The average molecular weight is 152 g/mol. The Morgan fingerprint density at radius 2 is 2.00 bits per heavy atom. The van der Waals surface area contributed by atoms with E-state index in [9.17, 15) is 0 Å². The van der Waals surface area contributed by atoms with Crippen LogP contribution in [0.1, 0.15) is 26.2 Å². The highest BCUT2D eigenvalue weighted by molar-refractivity contribution is 6.52. The summed E-state index contributed by atoms with van der Waals surface area (Å²) in [6, 6.07) is 0. The molecule has 0 aromatic rings. The number of rotatable bonds is 2. The largest absolute Gasteiger partial charge is 0.488 e. The van der Waals surface area contributed by atoms with Crippen LogP contribution in [-0.4, -0.2) is 17.2 Å². The number of hydrogen-bond acceptors (Lipinski definition) is 2. The predicted octanol–water partition coefficient (Wildman–Crippen LogP) is 1.05. The van der Waals surface area contributed by atoms with Crippen LogP contribution in [0.5, 0.6) is 0 Å². The molecule has 0 fully saturated rings. The molecule has 60 valence electrons. The van der Waals surface area contributed by atoms with Crippen molar-refractivity contribution in [2.24, 2.45) is 0 Å². The number of allylic oxidation sites excluding steroid dienone is 4. The molecule has 0 saturated carbocycles. The molecule has 0 bridgehead atoms. The van der Waals surface area contributed by atoms with Gasteiger partial charge in [0, 0.05) is 0 Å². The minimum Gasteiger partial charge on any atom is -0.423 e. The highest BCUT2D eigenvalue weighted by Crippen LogP contribution is 2.21. The first-order valence-electron chi connectivity index (χ1n) is 4.01. The first kappa shape index (κ1) is 8.56. The Balaban J connectivity index is 2.75. The first-order valence-corrected chi connectivity index (χ1v) is 4.01. The lowest BCUT2D eigenvalue weighted by atomic mass is 9.71. The SMILES string of the molecule is CCC1=CCCC=C1B(O)O. The summed E-state index contributed by atoms with van der Waals surface area (Å²) >= 11 is 0. The van der Waals surface area contributed by atoms with E-state index in [-0.39, 0.29) is 0 Å². The Kier molecular flexibility index (Phi) is 2.91. The molecule has 1 aliphatic rings. The highest BCUT2D eigenvalue weighted by atomic mass is 16.4. The molecule has 0 aromatic carbocycles. The Morgan fingerprint density at radius 1 is 1.36 bits per heavy atom. The minimum atomic E-state index is -1.29. The smallest absolute Gasteiger partial charge is 0.423 e. The van der Waals surface area contributed by atoms with E-state index in [2.05, 4.69) is 6.08 Å². The molecule has 1 aliphatic carbocycles. The fraction of sp³-hybridized carbons (Fsp3) is 0.500. The van der Waals surface area contributed by atoms with Gasteiger partial charge in [-0.05, 0) is 24.7 Å². The zero-order valence-electron chi connectivity index (χ0n) is 6.75. The molecule has 2 N–H and O–H groups in total. The van der Waals surface area contributed by atoms with Crippen LogP contribution in [0.3, 0.4) is 0 Å². The van der Waals surface area contributed by atoms with Crippen molar-refractivity contribution in [3.05, 3.63) is 23.2 Å². The van der Waals surface area contributed by atoms with Crippen molar-refractivity contribution in [2.75, 3.05) is 0 Å². The summed E-state index contributed by atoms with van der Waals surface area (Å²) in [5.41, 5.74) is 1.77. The summed E-state index contributed by atoms with van der Waals surface area (Å²) in [5.74, 6) is 0. The maximum atomic E-state index is 8.93. The van der Waals surface area contributed by atoms with Gasteiger partial charge in [-0.1, -0.05) is 24.6 Å². The van der Waals surface area contributed by atoms with Crippen LogP contribution in [0.25, 0.3) is 0 Å². The van der Waals surface area contributed by atoms with Gasteiger partial charge in [0.15, 0.2) is 0 Å². The van der Waals surface area contributed by atoms with Crippen LogP contribution < -0.4 is 0 Å². The van der Waals surface area contributed by atoms with Gasteiger partial charge in [-0.2, -0.15) is 0 Å². The fourth-order valence-corrected chi connectivity index (χ4v) is 1.37. The lowest BCUT2D eigenvalue weighted by Gasteiger charge is -2.13. The van der Waals surface area contributed by atoms with Gasteiger partial charge >= 0.3 is 7.12 Å². The average Bonchev–Trinajstić information content (AvgIpc) is 2.04. The van der Waals surface area contributed by atoms with Crippen molar-refractivity contribution >= 4 is 7.12 Å². The molecule has 0 amide bonds. The van der Waals surface area contributed by atoms with Gasteiger partial charge in [-0.25, -0.2) is 0 Å². The lowest BCUT2D eigenvalue weighted by molar-refractivity contribution is 0.419. The van der Waals surface area contributed by atoms with Crippen molar-refractivity contribution in [3.8, 4) is 0 Å². The molecule has 0 spiro atoms. The summed E-state index contributed by atoms with van der Waals surface area (Å²) in [4.78, 5) is 0. The van der Waals surface area contributed by atoms with E-state index < -0.39 is 7.12 Å². The fourth-order valence-electron chi connectivity index (χ4n) is 1.37. The van der Waals surface area contributed by atoms with E-state index in [1.165, 1.54) is 0 Å². The third-order valence-electron chi connectivity index (χ3n) is 1.95. The topological polar surface area (TPSA) is 40.5 Å². The molecule has 0 unspecified atom stereocenters. The van der Waals surface area contributed by atoms with Crippen molar-refractivity contribution in [1.82, 2.24) is 0 Å². The Morgan fingerprint density at radius 3 is 2.45 bits per heavy atom. The number of hydrogen-bond donors (Lipinski definition) is 2. The van der Waals surface area contributed by atoms with E-state index in [1.54, 1.807) is 0 Å². The lowest BCUT2D eigenvalue weighted by Crippen LogP contribution is -2.18. The van der Waals surface area contributed by atoms with Crippen LogP contribution in [0.2, 0.25) is 0 Å². The summed E-state index contributed by atoms with van der Waals surface area (Å²) in [6.45, 7) is 2.02. The van der Waals surface area contributed by atoms with Gasteiger partial charge in [0.2, 0.25) is 0 Å². The van der Waals surface area contributed by atoms with Gasteiger partial charge in [0.25, 0.3) is 0 Å². The molecular weight excluding hydrogens is 139 g/mol. The van der Waals surface area contributed by atoms with Crippen LogP contribution in [0.15, 0.2) is 23.2 Å². The Bertz CT molecular complexity index is 194. The Hall–Kier alpha value is -0.535.